The molecule has 0 spiro atoms. The van der Waals surface area contributed by atoms with Crippen LogP contribution >= 0.6 is 0 Å². The Morgan fingerprint density at radius 2 is 2.23 bits per heavy atom. The second kappa shape index (κ2) is 4.94. The summed E-state index contributed by atoms with van der Waals surface area (Å²) in [6.45, 7) is 2.12. The number of nitrogens with zero attached hydrogens (tertiary/aromatic N) is 2. The Morgan fingerprint density at radius 1 is 1.45 bits per heavy atom. The molecule has 0 unspecified atom stereocenters. The van der Waals surface area contributed by atoms with Crippen molar-refractivity contribution < 1.29 is 19.2 Å². The van der Waals surface area contributed by atoms with Crippen LogP contribution in [0, 0.1) is 10.1 Å². The van der Waals surface area contributed by atoms with Gasteiger partial charge >= 0.3 is 0 Å². The van der Waals surface area contributed by atoms with E-state index in [0.29, 0.717) is 36.3 Å². The van der Waals surface area contributed by atoms with Gasteiger partial charge in [-0.15, -0.1) is 0 Å². The number of nitro groups is 1. The first-order valence-electron chi connectivity index (χ1n) is 6.91. The Morgan fingerprint density at radius 3 is 2.82 bits per heavy atom. The number of carbonyl (C=O) groups excluding carboxylic acids is 2. The van der Waals surface area contributed by atoms with Crippen molar-refractivity contribution in [3.63, 3.8) is 0 Å². The maximum Gasteiger partial charge on any atom is 0.270 e. The summed E-state index contributed by atoms with van der Waals surface area (Å²) in [5.74, 6) is 0.302. The van der Waals surface area contributed by atoms with E-state index in [-0.39, 0.29) is 11.6 Å². The second-order valence-corrected chi connectivity index (χ2v) is 5.52. The molecule has 2 aliphatic heterocycles. The Labute approximate surface area is 126 Å². The number of amides is 1. The molecule has 0 radical (unpaired) electrons. The van der Waals surface area contributed by atoms with Gasteiger partial charge in [0.2, 0.25) is 5.91 Å². The van der Waals surface area contributed by atoms with Crippen LogP contribution in [0.2, 0.25) is 0 Å². The number of hydrogen-bond acceptors (Lipinski definition) is 5. The highest BCUT2D eigenvalue weighted by molar-refractivity contribution is 5.92. The second-order valence-electron chi connectivity index (χ2n) is 5.52. The topological polar surface area (TPSA) is 89.8 Å². The molecule has 0 aliphatic carbocycles. The lowest BCUT2D eigenvalue weighted by atomic mass is 9.97. The van der Waals surface area contributed by atoms with E-state index in [2.05, 4.69) is 0 Å². The molecular weight excluding hydrogens is 288 g/mol. The van der Waals surface area contributed by atoms with Gasteiger partial charge in [-0.25, -0.2) is 0 Å². The van der Waals surface area contributed by atoms with Crippen molar-refractivity contribution in [3.05, 3.63) is 40.0 Å². The SMILES string of the molecule is C[C@]1(C=O)C=C(N2CCCC2=O)c2cc([N+](=O)[O-])ccc2O1. The third-order valence-corrected chi connectivity index (χ3v) is 3.80. The van der Waals surface area contributed by atoms with Gasteiger partial charge in [-0.1, -0.05) is 0 Å². The van der Waals surface area contributed by atoms with Crippen LogP contribution in [-0.4, -0.2) is 34.2 Å². The Hall–Kier alpha value is -2.70. The van der Waals surface area contributed by atoms with Crippen molar-refractivity contribution in [2.24, 2.45) is 0 Å². The first-order valence-corrected chi connectivity index (χ1v) is 6.91. The van der Waals surface area contributed by atoms with E-state index in [1.807, 2.05) is 0 Å². The van der Waals surface area contributed by atoms with Crippen LogP contribution in [0.4, 0.5) is 5.69 Å². The molecule has 0 N–H and O–H groups in total. The molecule has 1 atom stereocenters. The third kappa shape index (κ3) is 2.24. The number of rotatable bonds is 3. The van der Waals surface area contributed by atoms with E-state index in [9.17, 15) is 19.7 Å². The lowest BCUT2D eigenvalue weighted by Crippen LogP contribution is -2.37. The van der Waals surface area contributed by atoms with Crippen molar-refractivity contribution in [2.45, 2.75) is 25.4 Å². The maximum atomic E-state index is 12.0. The molecule has 7 heteroatoms. The van der Waals surface area contributed by atoms with Crippen LogP contribution in [0.15, 0.2) is 24.3 Å². The first-order chi connectivity index (χ1) is 10.4. The summed E-state index contributed by atoms with van der Waals surface area (Å²) in [7, 11) is 0. The molecule has 3 rings (SSSR count). The zero-order valence-electron chi connectivity index (χ0n) is 11.9. The Balaban J connectivity index is 2.16. The average molecular weight is 302 g/mol. The first kappa shape index (κ1) is 14.2. The van der Waals surface area contributed by atoms with Gasteiger partial charge in [0.1, 0.15) is 5.75 Å². The average Bonchev–Trinajstić information content (AvgIpc) is 2.92. The number of fused-ring (bicyclic) bond motifs is 1. The largest absolute Gasteiger partial charge is 0.475 e. The molecule has 7 nitrogen and oxygen atoms in total. The summed E-state index contributed by atoms with van der Waals surface area (Å²) in [5, 5.41) is 11.0. The summed E-state index contributed by atoms with van der Waals surface area (Å²) in [6.07, 6.45) is 3.35. The number of aldehydes is 1. The fourth-order valence-electron chi connectivity index (χ4n) is 2.72. The highest BCUT2D eigenvalue weighted by atomic mass is 16.6. The molecule has 1 aromatic rings. The normalized spacial score (nSPS) is 23.6. The third-order valence-electron chi connectivity index (χ3n) is 3.80. The highest BCUT2D eigenvalue weighted by Crippen LogP contribution is 2.40. The van der Waals surface area contributed by atoms with E-state index >= 15 is 0 Å². The van der Waals surface area contributed by atoms with Gasteiger partial charge in [-0.05, 0) is 25.5 Å². The number of benzene rings is 1. The predicted molar refractivity (Wildman–Crippen MR) is 77.1 cm³/mol. The molecule has 114 valence electrons. The molecule has 1 fully saturated rings. The standard InChI is InChI=1S/C15H14N2O5/c1-15(9-18)8-12(16-6-2-3-14(16)19)11-7-10(17(20)21)4-5-13(11)22-15/h4-5,7-9H,2-3,6H2,1H3/t15-/m1/s1. The Kier molecular flexibility index (Phi) is 3.20. The van der Waals surface area contributed by atoms with Gasteiger partial charge in [-0.2, -0.15) is 0 Å². The molecule has 1 amide bonds. The minimum atomic E-state index is -1.19. The molecule has 2 heterocycles. The fourth-order valence-corrected chi connectivity index (χ4v) is 2.72. The van der Waals surface area contributed by atoms with Crippen molar-refractivity contribution in [1.29, 1.82) is 0 Å². The molecular formula is C15H14N2O5. The van der Waals surface area contributed by atoms with Crippen molar-refractivity contribution in [3.8, 4) is 5.75 Å². The van der Waals surface area contributed by atoms with Crippen LogP contribution in [-0.2, 0) is 9.59 Å². The van der Waals surface area contributed by atoms with Gasteiger partial charge in [0.05, 0.1) is 10.6 Å². The molecule has 1 aromatic carbocycles. The summed E-state index contributed by atoms with van der Waals surface area (Å²) in [6, 6.07) is 4.15. The quantitative estimate of drug-likeness (QED) is 0.483. The summed E-state index contributed by atoms with van der Waals surface area (Å²) < 4.78 is 5.62. The number of nitro benzene ring substituents is 1. The zero-order chi connectivity index (χ0) is 15.9. The number of hydrogen-bond donors (Lipinski definition) is 0. The predicted octanol–water partition coefficient (Wildman–Crippen LogP) is 1.91. The van der Waals surface area contributed by atoms with Crippen LogP contribution in [0.3, 0.4) is 0 Å². The van der Waals surface area contributed by atoms with Crippen LogP contribution < -0.4 is 4.74 Å². The van der Waals surface area contributed by atoms with Crippen molar-refractivity contribution >= 4 is 23.6 Å². The minimum Gasteiger partial charge on any atom is -0.475 e. The highest BCUT2D eigenvalue weighted by Gasteiger charge is 2.36. The molecule has 1 saturated heterocycles. The summed E-state index contributed by atoms with van der Waals surface area (Å²) >= 11 is 0. The fraction of sp³-hybridized carbons (Fsp3) is 0.333. The molecule has 0 saturated carbocycles. The van der Waals surface area contributed by atoms with Gasteiger partial charge in [0.15, 0.2) is 11.9 Å². The van der Waals surface area contributed by atoms with Gasteiger partial charge in [0, 0.05) is 30.7 Å². The number of likely N-dealkylation sites (tertiary alicyclic amines) is 1. The van der Waals surface area contributed by atoms with Crippen molar-refractivity contribution in [2.75, 3.05) is 6.54 Å². The molecule has 2 aliphatic rings. The van der Waals surface area contributed by atoms with Crippen LogP contribution in [0.1, 0.15) is 25.3 Å². The van der Waals surface area contributed by atoms with E-state index < -0.39 is 10.5 Å². The Bertz CT molecular complexity index is 712. The van der Waals surface area contributed by atoms with Crippen LogP contribution in [0.25, 0.3) is 5.70 Å². The van der Waals surface area contributed by atoms with E-state index in [0.717, 1.165) is 6.42 Å². The zero-order valence-corrected chi connectivity index (χ0v) is 11.9. The van der Waals surface area contributed by atoms with Gasteiger partial charge in [-0.3, -0.25) is 19.7 Å². The number of non-ortho nitro benzene ring substituents is 1. The summed E-state index contributed by atoms with van der Waals surface area (Å²) in [4.78, 5) is 35.4. The monoisotopic (exact) mass is 302 g/mol. The van der Waals surface area contributed by atoms with E-state index in [1.165, 1.54) is 18.2 Å². The molecule has 0 bridgehead atoms. The van der Waals surface area contributed by atoms with E-state index in [1.54, 1.807) is 17.9 Å². The minimum absolute atomic E-state index is 0.0566. The lowest BCUT2D eigenvalue weighted by molar-refractivity contribution is -0.384. The molecule has 22 heavy (non-hydrogen) atoms. The summed E-state index contributed by atoms with van der Waals surface area (Å²) in [5.41, 5.74) is -0.318. The number of ether oxygens (including phenoxy) is 1. The smallest absolute Gasteiger partial charge is 0.270 e. The maximum absolute atomic E-state index is 12.0. The molecule has 0 aromatic heterocycles. The number of carbonyl (C=O) groups is 2. The van der Waals surface area contributed by atoms with Crippen molar-refractivity contribution in [1.82, 2.24) is 4.90 Å². The van der Waals surface area contributed by atoms with Gasteiger partial charge in [0.25, 0.3) is 5.69 Å². The lowest BCUT2D eigenvalue weighted by Gasteiger charge is -2.32. The van der Waals surface area contributed by atoms with Crippen LogP contribution in [0.5, 0.6) is 5.75 Å². The van der Waals surface area contributed by atoms with E-state index in [4.69, 9.17) is 4.74 Å². The van der Waals surface area contributed by atoms with Gasteiger partial charge < -0.3 is 9.64 Å².